The van der Waals surface area contributed by atoms with Crippen molar-refractivity contribution in [3.05, 3.63) is 42.1 Å². The number of nitrogens with zero attached hydrogens (tertiary/aromatic N) is 4. The van der Waals surface area contributed by atoms with E-state index in [1.54, 1.807) is 7.11 Å². The minimum absolute atomic E-state index is 0.0453. The highest BCUT2D eigenvalue weighted by atomic mass is 19.4. The molecule has 2 aromatic rings. The van der Waals surface area contributed by atoms with E-state index in [9.17, 15) is 18.0 Å². The van der Waals surface area contributed by atoms with Crippen LogP contribution in [0.15, 0.2) is 35.8 Å². The van der Waals surface area contributed by atoms with Gasteiger partial charge in [-0.3, -0.25) is 9.36 Å². The number of hydrogen-bond donors (Lipinski definition) is 0. The summed E-state index contributed by atoms with van der Waals surface area (Å²) < 4.78 is 51.7. The number of carbonyl (C=O) groups is 1. The molecular weight excluding hydrogens is 389 g/mol. The molecule has 1 saturated carbocycles. The molecule has 7 nitrogen and oxygen atoms in total. The lowest BCUT2D eigenvalue weighted by Gasteiger charge is -2.23. The summed E-state index contributed by atoms with van der Waals surface area (Å²) in [6.45, 7) is 1.01. The number of aromatic nitrogens is 3. The Labute approximate surface area is 165 Å². The van der Waals surface area contributed by atoms with Gasteiger partial charge in [0, 0.05) is 25.2 Å². The maximum atomic E-state index is 13.3. The largest absolute Gasteiger partial charge is 0.416 e. The van der Waals surface area contributed by atoms with Crippen LogP contribution < -0.4 is 0 Å². The van der Waals surface area contributed by atoms with Crippen molar-refractivity contribution >= 4 is 11.6 Å². The van der Waals surface area contributed by atoms with E-state index >= 15 is 0 Å². The molecule has 0 aromatic carbocycles. The smallest absolute Gasteiger partial charge is 0.382 e. The van der Waals surface area contributed by atoms with Crippen molar-refractivity contribution in [2.24, 2.45) is 4.99 Å². The van der Waals surface area contributed by atoms with E-state index in [1.807, 2.05) is 0 Å². The van der Waals surface area contributed by atoms with E-state index in [0.29, 0.717) is 44.6 Å². The van der Waals surface area contributed by atoms with Crippen molar-refractivity contribution in [2.45, 2.75) is 38.0 Å². The zero-order valence-electron chi connectivity index (χ0n) is 15.9. The van der Waals surface area contributed by atoms with Crippen molar-refractivity contribution in [2.75, 3.05) is 20.3 Å². The van der Waals surface area contributed by atoms with Gasteiger partial charge in [-0.2, -0.15) is 13.2 Å². The minimum atomic E-state index is -4.61. The standard InChI is InChI=1S/C19H21F3N4O3/c1-28-8-9-29-15-4-2-14(3-5-15)24-18(27)16-10-13(19(20,21)22)11-17(25-16)26-7-6-23-12-26/h6-7,10-12,15H,2-5,8-9H2,1H3. The Balaban J connectivity index is 1.75. The first-order valence-electron chi connectivity index (χ1n) is 9.15. The lowest BCUT2D eigenvalue weighted by atomic mass is 9.95. The Morgan fingerprint density at radius 3 is 2.66 bits per heavy atom. The summed E-state index contributed by atoms with van der Waals surface area (Å²) >= 11 is 0. The molecule has 0 saturated heterocycles. The van der Waals surface area contributed by atoms with Crippen LogP contribution >= 0.6 is 0 Å². The summed E-state index contributed by atoms with van der Waals surface area (Å²) in [6.07, 6.45) is 2.14. The maximum absolute atomic E-state index is 13.3. The molecule has 0 atom stereocenters. The van der Waals surface area contributed by atoms with E-state index < -0.39 is 17.6 Å². The third kappa shape index (κ3) is 5.70. The number of imidazole rings is 1. The molecule has 29 heavy (non-hydrogen) atoms. The molecule has 0 radical (unpaired) electrons. The molecule has 1 amide bonds. The van der Waals surface area contributed by atoms with Crippen LogP contribution in [0.1, 0.15) is 41.7 Å². The Morgan fingerprint density at radius 1 is 1.28 bits per heavy atom. The zero-order chi connectivity index (χ0) is 20.9. The van der Waals surface area contributed by atoms with Crippen LogP contribution in [-0.2, 0) is 15.7 Å². The fourth-order valence-corrected chi connectivity index (χ4v) is 3.02. The highest BCUT2D eigenvalue weighted by molar-refractivity contribution is 6.03. The molecule has 2 aromatic heterocycles. The van der Waals surface area contributed by atoms with Crippen LogP contribution in [0.2, 0.25) is 0 Å². The van der Waals surface area contributed by atoms with Crippen LogP contribution in [0.5, 0.6) is 0 Å². The third-order valence-corrected chi connectivity index (χ3v) is 4.54. The normalized spacial score (nSPS) is 17.4. The lowest BCUT2D eigenvalue weighted by molar-refractivity contribution is -0.137. The first-order valence-corrected chi connectivity index (χ1v) is 9.15. The van der Waals surface area contributed by atoms with E-state index in [4.69, 9.17) is 9.47 Å². The first kappa shape index (κ1) is 21.1. The summed E-state index contributed by atoms with van der Waals surface area (Å²) in [5, 5.41) is 0. The van der Waals surface area contributed by atoms with Gasteiger partial charge in [0.05, 0.1) is 24.9 Å². The third-order valence-electron chi connectivity index (χ3n) is 4.54. The second-order valence-corrected chi connectivity index (χ2v) is 6.61. The van der Waals surface area contributed by atoms with Gasteiger partial charge in [0.2, 0.25) is 0 Å². The van der Waals surface area contributed by atoms with Gasteiger partial charge in [0.25, 0.3) is 5.91 Å². The molecule has 3 rings (SSSR count). The highest BCUT2D eigenvalue weighted by Gasteiger charge is 2.32. The van der Waals surface area contributed by atoms with Crippen LogP contribution in [0, 0.1) is 0 Å². The number of aliphatic imine (C=N–C) groups is 1. The molecular formula is C19H21F3N4O3. The SMILES string of the molecule is COCCOC1CCC(=NC(=O)c2cc(C(F)(F)F)cc(-n3ccnc3)n2)CC1. The van der Waals surface area contributed by atoms with Gasteiger partial charge >= 0.3 is 6.18 Å². The molecule has 0 bridgehead atoms. The van der Waals surface area contributed by atoms with Gasteiger partial charge in [0.1, 0.15) is 17.8 Å². The van der Waals surface area contributed by atoms with Gasteiger partial charge in [-0.25, -0.2) is 15.0 Å². The number of methoxy groups -OCH3 is 1. The van der Waals surface area contributed by atoms with E-state index in [-0.39, 0.29) is 17.6 Å². The average Bonchev–Trinajstić information content (AvgIpc) is 3.23. The summed E-state index contributed by atoms with van der Waals surface area (Å²) in [7, 11) is 1.60. The average molecular weight is 410 g/mol. The number of alkyl halides is 3. The number of pyridine rings is 1. The number of halogens is 3. The van der Waals surface area contributed by atoms with Crippen molar-refractivity contribution in [3.63, 3.8) is 0 Å². The van der Waals surface area contributed by atoms with Crippen molar-refractivity contribution in [1.82, 2.24) is 14.5 Å². The second-order valence-electron chi connectivity index (χ2n) is 6.61. The predicted octanol–water partition coefficient (Wildman–Crippen LogP) is 3.47. The molecule has 156 valence electrons. The molecule has 0 N–H and O–H groups in total. The van der Waals surface area contributed by atoms with Crippen LogP contribution in [0.3, 0.4) is 0 Å². The van der Waals surface area contributed by atoms with Gasteiger partial charge in [0.15, 0.2) is 0 Å². The number of amides is 1. The summed E-state index contributed by atoms with van der Waals surface area (Å²) in [4.78, 5) is 24.4. The summed E-state index contributed by atoms with van der Waals surface area (Å²) in [5.41, 5.74) is -0.672. The Morgan fingerprint density at radius 2 is 2.03 bits per heavy atom. The summed E-state index contributed by atoms with van der Waals surface area (Å²) in [5.74, 6) is -0.831. The number of ether oxygens (including phenoxy) is 2. The predicted molar refractivity (Wildman–Crippen MR) is 98.2 cm³/mol. The first-order chi connectivity index (χ1) is 13.9. The molecule has 1 aliphatic carbocycles. The van der Waals surface area contributed by atoms with Gasteiger partial charge in [-0.1, -0.05) is 0 Å². The van der Waals surface area contributed by atoms with Crippen LogP contribution in [0.4, 0.5) is 13.2 Å². The fraction of sp³-hybridized carbons (Fsp3) is 0.474. The number of hydrogen-bond acceptors (Lipinski definition) is 5. The quantitative estimate of drug-likeness (QED) is 0.682. The van der Waals surface area contributed by atoms with Gasteiger partial charge in [-0.15, -0.1) is 0 Å². The maximum Gasteiger partial charge on any atom is 0.416 e. The second kappa shape index (κ2) is 9.27. The molecule has 0 unspecified atom stereocenters. The monoisotopic (exact) mass is 410 g/mol. The fourth-order valence-electron chi connectivity index (χ4n) is 3.02. The lowest BCUT2D eigenvalue weighted by Crippen LogP contribution is -2.24. The van der Waals surface area contributed by atoms with E-state index in [2.05, 4.69) is 15.0 Å². The number of carbonyl (C=O) groups excluding carboxylic acids is 1. The van der Waals surface area contributed by atoms with Crippen molar-refractivity contribution in [3.8, 4) is 5.82 Å². The molecule has 10 heteroatoms. The zero-order valence-corrected chi connectivity index (χ0v) is 15.9. The molecule has 0 aliphatic heterocycles. The number of rotatable bonds is 6. The highest BCUT2D eigenvalue weighted by Crippen LogP contribution is 2.31. The van der Waals surface area contributed by atoms with E-state index in [0.717, 1.165) is 12.1 Å². The van der Waals surface area contributed by atoms with Crippen LogP contribution in [-0.4, -0.2) is 52.6 Å². The molecule has 2 heterocycles. The minimum Gasteiger partial charge on any atom is -0.382 e. The van der Waals surface area contributed by atoms with Crippen molar-refractivity contribution in [1.29, 1.82) is 0 Å². The molecule has 1 aliphatic rings. The topological polar surface area (TPSA) is 78.6 Å². The van der Waals surface area contributed by atoms with E-state index in [1.165, 1.54) is 23.3 Å². The van der Waals surface area contributed by atoms with Crippen LogP contribution in [0.25, 0.3) is 5.82 Å². The Bertz CT molecular complexity index is 856. The Kier molecular flexibility index (Phi) is 6.75. The van der Waals surface area contributed by atoms with Gasteiger partial charge < -0.3 is 9.47 Å². The molecule has 1 fully saturated rings. The van der Waals surface area contributed by atoms with Crippen molar-refractivity contribution < 1.29 is 27.4 Å². The van der Waals surface area contributed by atoms with Gasteiger partial charge in [-0.05, 0) is 37.8 Å². The summed E-state index contributed by atoms with van der Waals surface area (Å²) in [6, 6.07) is 1.60. The Hall–Kier alpha value is -2.59. The molecule has 0 spiro atoms.